The first-order valence-corrected chi connectivity index (χ1v) is 11.8. The molecule has 2 unspecified atom stereocenters. The number of amides is 2. The van der Waals surface area contributed by atoms with E-state index in [1.54, 1.807) is 0 Å². The van der Waals surface area contributed by atoms with Gasteiger partial charge in [-0.2, -0.15) is 0 Å². The van der Waals surface area contributed by atoms with Crippen LogP contribution in [-0.4, -0.2) is 66.7 Å². The molecule has 0 saturated carbocycles. The highest BCUT2D eigenvalue weighted by Crippen LogP contribution is 2.44. The molecular weight excluding hydrogens is 452 g/mol. The lowest BCUT2D eigenvalue weighted by Crippen LogP contribution is -2.49. The van der Waals surface area contributed by atoms with Gasteiger partial charge in [0.05, 0.1) is 6.61 Å². The third-order valence-corrected chi connectivity index (χ3v) is 6.62. The zero-order valence-corrected chi connectivity index (χ0v) is 19.3. The molecule has 2 aliphatic rings. The number of hydrogen-bond donors (Lipinski definition) is 4. The monoisotopic (exact) mass is 482 g/mol. The number of carbonyl (C=O) groups is 3. The highest BCUT2D eigenvalue weighted by Gasteiger charge is 2.32. The van der Waals surface area contributed by atoms with Crippen LogP contribution in [0.3, 0.4) is 0 Å². The van der Waals surface area contributed by atoms with Gasteiger partial charge in [-0.3, -0.25) is 4.79 Å². The maximum absolute atomic E-state index is 12.7. The van der Waals surface area contributed by atoms with Gasteiger partial charge in [-0.25, -0.2) is 9.59 Å². The van der Waals surface area contributed by atoms with Gasteiger partial charge in [-0.1, -0.05) is 48.5 Å². The van der Waals surface area contributed by atoms with Crippen LogP contribution in [0.25, 0.3) is 11.1 Å². The molecule has 35 heavy (non-hydrogen) atoms. The van der Waals surface area contributed by atoms with E-state index in [1.807, 2.05) is 24.3 Å². The quantitative estimate of drug-likeness (QED) is 0.431. The van der Waals surface area contributed by atoms with Crippen molar-refractivity contribution in [3.8, 4) is 11.1 Å². The Hall–Kier alpha value is -3.43. The zero-order valence-electron chi connectivity index (χ0n) is 19.3. The summed E-state index contributed by atoms with van der Waals surface area (Å²) in [6.07, 6.45) is -0.137. The Morgan fingerprint density at radius 1 is 1.06 bits per heavy atom. The molecule has 2 aromatic carbocycles. The summed E-state index contributed by atoms with van der Waals surface area (Å²) in [7, 11) is 0. The minimum Gasteiger partial charge on any atom is -0.480 e. The molecule has 1 heterocycles. The summed E-state index contributed by atoms with van der Waals surface area (Å²) in [5.74, 6) is -2.06. The minimum atomic E-state index is -1.21. The molecule has 0 bridgehead atoms. The smallest absolute Gasteiger partial charge is 0.407 e. The maximum atomic E-state index is 12.7. The topological polar surface area (TPSA) is 134 Å². The van der Waals surface area contributed by atoms with Crippen molar-refractivity contribution < 1.29 is 34.1 Å². The van der Waals surface area contributed by atoms with E-state index in [2.05, 4.69) is 34.9 Å². The molecule has 186 valence electrons. The summed E-state index contributed by atoms with van der Waals surface area (Å²) in [6, 6.07) is 14.7. The van der Waals surface area contributed by atoms with E-state index in [4.69, 9.17) is 14.6 Å². The first kappa shape index (κ1) is 24.7. The summed E-state index contributed by atoms with van der Waals surface area (Å²) in [4.78, 5) is 36.3. The van der Waals surface area contributed by atoms with E-state index < -0.39 is 24.0 Å². The number of rotatable bonds is 9. The van der Waals surface area contributed by atoms with Crippen LogP contribution < -0.4 is 10.6 Å². The van der Waals surface area contributed by atoms with E-state index in [9.17, 15) is 19.5 Å². The second-order valence-corrected chi connectivity index (χ2v) is 8.87. The van der Waals surface area contributed by atoms with E-state index in [0.717, 1.165) is 22.3 Å². The van der Waals surface area contributed by atoms with Crippen LogP contribution in [0.15, 0.2) is 48.5 Å². The normalized spacial score (nSPS) is 19.8. The van der Waals surface area contributed by atoms with Crippen molar-refractivity contribution >= 4 is 18.0 Å². The highest BCUT2D eigenvalue weighted by molar-refractivity contribution is 5.83. The van der Waals surface area contributed by atoms with Crippen LogP contribution in [0.1, 0.15) is 36.3 Å². The van der Waals surface area contributed by atoms with Gasteiger partial charge < -0.3 is 30.3 Å². The minimum absolute atomic E-state index is 0.0104. The number of nitrogens with one attached hydrogen (secondary N) is 2. The molecule has 1 saturated heterocycles. The van der Waals surface area contributed by atoms with Crippen LogP contribution in [-0.2, 0) is 19.1 Å². The summed E-state index contributed by atoms with van der Waals surface area (Å²) < 4.78 is 11.1. The Bertz CT molecular complexity index is 1030. The van der Waals surface area contributed by atoms with Gasteiger partial charge >= 0.3 is 12.1 Å². The number of benzene rings is 2. The number of hydrogen-bond acceptors (Lipinski definition) is 6. The van der Waals surface area contributed by atoms with Crippen LogP contribution >= 0.6 is 0 Å². The third-order valence-electron chi connectivity index (χ3n) is 6.62. The Morgan fingerprint density at radius 2 is 1.71 bits per heavy atom. The molecule has 4 N–H and O–H groups in total. The van der Waals surface area contributed by atoms with Crippen molar-refractivity contribution in [1.29, 1.82) is 0 Å². The molecule has 2 amide bonds. The SMILES string of the molecule is O=C(CC1COCCC1NC(=O)OCC1c2ccccc2-c2ccccc21)N[C@@H](CCO)C(=O)O. The van der Waals surface area contributed by atoms with Gasteiger partial charge in [0.2, 0.25) is 5.91 Å². The van der Waals surface area contributed by atoms with Crippen molar-refractivity contribution in [2.45, 2.75) is 37.3 Å². The summed E-state index contributed by atoms with van der Waals surface area (Å²) in [5.41, 5.74) is 4.54. The molecule has 0 aromatic heterocycles. The summed E-state index contributed by atoms with van der Waals surface area (Å²) >= 11 is 0. The predicted molar refractivity (Wildman–Crippen MR) is 127 cm³/mol. The van der Waals surface area contributed by atoms with Crippen LogP contribution in [0.4, 0.5) is 4.79 Å². The van der Waals surface area contributed by atoms with Gasteiger partial charge in [0, 0.05) is 43.9 Å². The van der Waals surface area contributed by atoms with Gasteiger partial charge in [-0.15, -0.1) is 0 Å². The van der Waals surface area contributed by atoms with Crippen molar-refractivity contribution in [1.82, 2.24) is 10.6 Å². The van der Waals surface area contributed by atoms with Crippen LogP contribution in [0, 0.1) is 5.92 Å². The van der Waals surface area contributed by atoms with Crippen LogP contribution in [0.2, 0.25) is 0 Å². The van der Waals surface area contributed by atoms with E-state index in [1.165, 1.54) is 0 Å². The first-order chi connectivity index (χ1) is 17.0. The largest absolute Gasteiger partial charge is 0.480 e. The number of ether oxygens (including phenoxy) is 2. The standard InChI is InChI=1S/C26H30N2O7/c29-11-9-23(25(31)32)27-24(30)13-16-14-34-12-10-22(16)28-26(33)35-15-21-19-7-3-1-5-17(19)18-6-2-4-8-20(18)21/h1-8,16,21-23,29H,9-15H2,(H,27,30)(H,28,33)(H,31,32)/t16?,22?,23-/m0/s1. The molecule has 9 nitrogen and oxygen atoms in total. The number of carboxylic acids is 1. The second-order valence-electron chi connectivity index (χ2n) is 8.87. The van der Waals surface area contributed by atoms with Crippen molar-refractivity contribution in [3.05, 3.63) is 59.7 Å². The number of aliphatic hydroxyl groups is 1. The fraction of sp³-hybridized carbons (Fsp3) is 0.423. The first-order valence-electron chi connectivity index (χ1n) is 11.8. The number of carbonyl (C=O) groups excluding carboxylic acids is 2. The summed E-state index contributed by atoms with van der Waals surface area (Å²) in [6.45, 7) is 0.541. The van der Waals surface area contributed by atoms with E-state index in [0.29, 0.717) is 13.0 Å². The molecule has 3 atom stereocenters. The lowest BCUT2D eigenvalue weighted by Gasteiger charge is -2.32. The number of carboxylic acid groups (broad SMARTS) is 1. The Balaban J connectivity index is 1.34. The second kappa shape index (κ2) is 11.3. The van der Waals surface area contributed by atoms with Crippen molar-refractivity contribution in [3.63, 3.8) is 0 Å². The average Bonchev–Trinajstić information content (AvgIpc) is 3.17. The van der Waals surface area contributed by atoms with E-state index >= 15 is 0 Å². The third kappa shape index (κ3) is 5.80. The Labute approximate surface area is 203 Å². The number of alkyl carbamates (subject to hydrolysis) is 1. The van der Waals surface area contributed by atoms with Gasteiger partial charge in [-0.05, 0) is 28.7 Å². The molecule has 0 radical (unpaired) electrons. The lowest BCUT2D eigenvalue weighted by molar-refractivity contribution is -0.142. The molecule has 4 rings (SSSR count). The molecule has 2 aromatic rings. The maximum Gasteiger partial charge on any atom is 0.407 e. The summed E-state index contributed by atoms with van der Waals surface area (Å²) in [5, 5.41) is 23.5. The zero-order chi connectivity index (χ0) is 24.8. The Morgan fingerprint density at radius 3 is 2.34 bits per heavy atom. The molecule has 9 heteroatoms. The molecule has 1 aliphatic carbocycles. The number of fused-ring (bicyclic) bond motifs is 3. The van der Waals surface area contributed by atoms with Gasteiger partial charge in [0.15, 0.2) is 0 Å². The van der Waals surface area contributed by atoms with Crippen molar-refractivity contribution in [2.24, 2.45) is 5.92 Å². The molecule has 1 aliphatic heterocycles. The number of aliphatic hydroxyl groups excluding tert-OH is 1. The fourth-order valence-electron chi connectivity index (χ4n) is 4.86. The van der Waals surface area contributed by atoms with Crippen LogP contribution in [0.5, 0.6) is 0 Å². The Kier molecular flexibility index (Phi) is 7.99. The highest BCUT2D eigenvalue weighted by atomic mass is 16.5. The molecular formula is C26H30N2O7. The van der Waals surface area contributed by atoms with E-state index in [-0.39, 0.29) is 50.5 Å². The van der Waals surface area contributed by atoms with Gasteiger partial charge in [0.1, 0.15) is 12.6 Å². The predicted octanol–water partition coefficient (Wildman–Crippen LogP) is 2.27. The van der Waals surface area contributed by atoms with Crippen molar-refractivity contribution in [2.75, 3.05) is 26.4 Å². The molecule has 1 fully saturated rings. The fourth-order valence-corrected chi connectivity index (χ4v) is 4.86. The van der Waals surface area contributed by atoms with Gasteiger partial charge in [0.25, 0.3) is 0 Å². The number of aliphatic carboxylic acids is 1. The lowest BCUT2D eigenvalue weighted by atomic mass is 9.92. The molecule has 0 spiro atoms. The average molecular weight is 483 g/mol.